The van der Waals surface area contributed by atoms with Gasteiger partial charge in [-0.25, -0.2) is 4.79 Å². The Morgan fingerprint density at radius 3 is 2.75 bits per heavy atom. The van der Waals surface area contributed by atoms with Crippen molar-refractivity contribution in [1.82, 2.24) is 5.32 Å². The van der Waals surface area contributed by atoms with Crippen LogP contribution in [-0.2, 0) is 4.79 Å². The van der Waals surface area contributed by atoms with Crippen molar-refractivity contribution in [2.45, 2.75) is 13.0 Å². The molecule has 0 radical (unpaired) electrons. The fraction of sp³-hybridized carbons (Fsp3) is 0.375. The quantitative estimate of drug-likeness (QED) is 0.445. The van der Waals surface area contributed by atoms with Gasteiger partial charge in [-0.1, -0.05) is 12.2 Å². The minimum Gasteiger partial charge on any atom is -0.480 e. The third-order valence-corrected chi connectivity index (χ3v) is 1.51. The van der Waals surface area contributed by atoms with E-state index in [0.717, 1.165) is 5.57 Å². The van der Waals surface area contributed by atoms with Gasteiger partial charge in [0.25, 0.3) is 0 Å². The summed E-state index contributed by atoms with van der Waals surface area (Å²) in [5.74, 6) is -0.646. The molecule has 0 aromatic heterocycles. The molecule has 3 nitrogen and oxygen atoms in total. The van der Waals surface area contributed by atoms with Crippen LogP contribution < -0.4 is 5.32 Å². The molecule has 4 heteroatoms. The van der Waals surface area contributed by atoms with Crippen molar-refractivity contribution in [3.8, 4) is 0 Å². The van der Waals surface area contributed by atoms with Gasteiger partial charge in [-0.3, -0.25) is 0 Å². The van der Waals surface area contributed by atoms with Crippen LogP contribution in [-0.4, -0.2) is 22.9 Å². The van der Waals surface area contributed by atoms with Crippen LogP contribution in [0.4, 0.5) is 0 Å². The summed E-state index contributed by atoms with van der Waals surface area (Å²) < 4.78 is 0. The average Bonchev–Trinajstić information content (AvgIpc) is 1.96. The van der Waals surface area contributed by atoms with Gasteiger partial charge in [-0.15, -0.1) is 0 Å². The lowest BCUT2D eigenvalue weighted by molar-refractivity contribution is -0.138. The van der Waals surface area contributed by atoms with Gasteiger partial charge in [-0.2, -0.15) is 12.6 Å². The Kier molecular flexibility index (Phi) is 5.28. The van der Waals surface area contributed by atoms with Crippen molar-refractivity contribution in [2.75, 3.05) is 5.75 Å². The standard InChI is InChI=1S/C8H13NO2S/c1-6(2)3-4-9-7(5-12)8(10)11/h3-4,7,9,12H,1,5H2,2H3,(H,10,11)/t7-/m0/s1. The molecule has 0 fully saturated rings. The summed E-state index contributed by atoms with van der Waals surface area (Å²) in [6, 6.07) is -0.635. The van der Waals surface area contributed by atoms with E-state index in [9.17, 15) is 4.79 Å². The van der Waals surface area contributed by atoms with Crippen molar-refractivity contribution in [3.05, 3.63) is 24.4 Å². The fourth-order valence-electron chi connectivity index (χ4n) is 0.509. The van der Waals surface area contributed by atoms with E-state index in [1.54, 1.807) is 12.3 Å². The Labute approximate surface area is 77.6 Å². The Bertz CT molecular complexity index is 201. The predicted octanol–water partition coefficient (Wildman–Crippen LogP) is 1.05. The molecule has 0 aliphatic heterocycles. The smallest absolute Gasteiger partial charge is 0.326 e. The van der Waals surface area contributed by atoms with Crippen molar-refractivity contribution < 1.29 is 9.90 Å². The van der Waals surface area contributed by atoms with Gasteiger partial charge in [0, 0.05) is 5.75 Å². The van der Waals surface area contributed by atoms with E-state index in [0.29, 0.717) is 0 Å². The number of nitrogens with one attached hydrogen (secondary N) is 1. The molecular formula is C8H13NO2S. The van der Waals surface area contributed by atoms with E-state index in [2.05, 4.69) is 24.5 Å². The molecule has 0 rings (SSSR count). The molecule has 1 atom stereocenters. The maximum atomic E-state index is 10.4. The second-order valence-electron chi connectivity index (χ2n) is 2.42. The predicted molar refractivity (Wildman–Crippen MR) is 52.4 cm³/mol. The number of allylic oxidation sites excluding steroid dienone is 2. The van der Waals surface area contributed by atoms with Crippen molar-refractivity contribution in [1.29, 1.82) is 0 Å². The molecule has 0 aliphatic rings. The lowest BCUT2D eigenvalue weighted by atomic mass is 10.3. The molecule has 0 bridgehead atoms. The van der Waals surface area contributed by atoms with Crippen LogP contribution in [0.5, 0.6) is 0 Å². The highest BCUT2D eigenvalue weighted by Crippen LogP contribution is 1.90. The van der Waals surface area contributed by atoms with E-state index < -0.39 is 12.0 Å². The van der Waals surface area contributed by atoms with Crippen LogP contribution >= 0.6 is 12.6 Å². The summed E-state index contributed by atoms with van der Waals surface area (Å²) in [6.45, 7) is 5.46. The second kappa shape index (κ2) is 5.71. The van der Waals surface area contributed by atoms with Crippen molar-refractivity contribution in [3.63, 3.8) is 0 Å². The van der Waals surface area contributed by atoms with Gasteiger partial charge < -0.3 is 10.4 Å². The average molecular weight is 187 g/mol. The molecule has 0 unspecified atom stereocenters. The topological polar surface area (TPSA) is 49.3 Å². The molecule has 0 heterocycles. The lowest BCUT2D eigenvalue weighted by Crippen LogP contribution is -2.34. The van der Waals surface area contributed by atoms with Crippen LogP contribution in [0.3, 0.4) is 0 Å². The molecule has 0 aromatic carbocycles. The zero-order chi connectivity index (χ0) is 9.56. The minimum absolute atomic E-state index is 0.260. The first-order valence-electron chi connectivity index (χ1n) is 3.49. The van der Waals surface area contributed by atoms with E-state index in [1.165, 1.54) is 0 Å². The molecule has 0 aromatic rings. The molecule has 0 spiro atoms. The number of carboxylic acids is 1. The summed E-state index contributed by atoms with van der Waals surface area (Å²) in [4.78, 5) is 10.4. The van der Waals surface area contributed by atoms with Crippen LogP contribution in [0.1, 0.15) is 6.92 Å². The van der Waals surface area contributed by atoms with Crippen molar-refractivity contribution in [2.24, 2.45) is 0 Å². The number of rotatable bonds is 5. The number of aliphatic carboxylic acids is 1. The zero-order valence-electron chi connectivity index (χ0n) is 6.95. The van der Waals surface area contributed by atoms with Crippen LogP contribution in [0.2, 0.25) is 0 Å². The first-order valence-corrected chi connectivity index (χ1v) is 4.13. The second-order valence-corrected chi connectivity index (χ2v) is 2.78. The fourth-order valence-corrected chi connectivity index (χ4v) is 0.770. The molecule has 0 saturated carbocycles. The largest absolute Gasteiger partial charge is 0.480 e. The van der Waals surface area contributed by atoms with Gasteiger partial charge in [0.1, 0.15) is 6.04 Å². The summed E-state index contributed by atoms with van der Waals surface area (Å²) >= 11 is 3.88. The number of hydrogen-bond donors (Lipinski definition) is 3. The maximum absolute atomic E-state index is 10.4. The number of hydrogen-bond acceptors (Lipinski definition) is 3. The molecule has 68 valence electrons. The first kappa shape index (κ1) is 11.1. The summed E-state index contributed by atoms with van der Waals surface area (Å²) in [6.07, 6.45) is 3.27. The van der Waals surface area contributed by atoms with Gasteiger partial charge in [0.15, 0.2) is 0 Å². The highest BCUT2D eigenvalue weighted by molar-refractivity contribution is 7.80. The summed E-state index contributed by atoms with van der Waals surface area (Å²) in [7, 11) is 0. The minimum atomic E-state index is -0.906. The van der Waals surface area contributed by atoms with Crippen LogP contribution in [0, 0.1) is 0 Å². The van der Waals surface area contributed by atoms with Gasteiger partial charge in [0.2, 0.25) is 0 Å². The van der Waals surface area contributed by atoms with Gasteiger partial charge in [0.05, 0.1) is 0 Å². The highest BCUT2D eigenvalue weighted by atomic mass is 32.1. The molecule has 2 N–H and O–H groups in total. The normalized spacial score (nSPS) is 12.8. The molecule has 0 saturated heterocycles. The zero-order valence-corrected chi connectivity index (χ0v) is 7.84. The Hall–Kier alpha value is -0.900. The number of carboxylic acid groups (broad SMARTS) is 1. The van der Waals surface area contributed by atoms with E-state index in [1.807, 2.05) is 6.92 Å². The van der Waals surface area contributed by atoms with Crippen LogP contribution in [0.15, 0.2) is 24.4 Å². The number of thiol groups is 1. The number of carbonyl (C=O) groups is 1. The Morgan fingerprint density at radius 2 is 2.42 bits per heavy atom. The van der Waals surface area contributed by atoms with E-state index >= 15 is 0 Å². The third-order valence-electron chi connectivity index (χ3n) is 1.15. The Morgan fingerprint density at radius 1 is 1.83 bits per heavy atom. The van der Waals surface area contributed by atoms with Crippen molar-refractivity contribution >= 4 is 18.6 Å². The monoisotopic (exact) mass is 187 g/mol. The molecule has 12 heavy (non-hydrogen) atoms. The maximum Gasteiger partial charge on any atom is 0.326 e. The van der Waals surface area contributed by atoms with Crippen LogP contribution in [0.25, 0.3) is 0 Å². The summed E-state index contributed by atoms with van der Waals surface area (Å²) in [5.41, 5.74) is 0.866. The Balaban J connectivity index is 3.88. The molecule has 0 amide bonds. The summed E-state index contributed by atoms with van der Waals surface area (Å²) in [5, 5.41) is 11.3. The van der Waals surface area contributed by atoms with Gasteiger partial charge >= 0.3 is 5.97 Å². The molecular weight excluding hydrogens is 174 g/mol. The lowest BCUT2D eigenvalue weighted by Gasteiger charge is -2.08. The highest BCUT2D eigenvalue weighted by Gasteiger charge is 2.11. The SMILES string of the molecule is C=C(C)C=CN[C@@H](CS)C(=O)O. The molecule has 0 aliphatic carbocycles. The van der Waals surface area contributed by atoms with E-state index in [4.69, 9.17) is 5.11 Å². The first-order chi connectivity index (χ1) is 5.57. The van der Waals surface area contributed by atoms with E-state index in [-0.39, 0.29) is 5.75 Å². The van der Waals surface area contributed by atoms with Gasteiger partial charge in [-0.05, 0) is 19.2 Å². The third kappa shape index (κ3) is 4.85.